The quantitative estimate of drug-likeness (QED) is 0.220. The van der Waals surface area contributed by atoms with E-state index in [9.17, 15) is 9.59 Å². The molecule has 44 heavy (non-hydrogen) atoms. The monoisotopic (exact) mass is 582 g/mol. The van der Waals surface area contributed by atoms with Crippen molar-refractivity contribution in [1.29, 1.82) is 0 Å². The first-order valence-electron chi connectivity index (χ1n) is 14.3. The van der Waals surface area contributed by atoms with E-state index in [0.29, 0.717) is 34.0 Å². The molecule has 0 radical (unpaired) electrons. The molecule has 2 N–H and O–H groups in total. The largest absolute Gasteiger partial charge is 0.495 e. The molecule has 2 unspecified atom stereocenters. The first kappa shape index (κ1) is 27.1. The molecular weight excluding hydrogens is 552 g/mol. The zero-order valence-corrected chi connectivity index (χ0v) is 24.2. The lowest BCUT2D eigenvalue weighted by molar-refractivity contribution is 0.0966. The summed E-state index contributed by atoms with van der Waals surface area (Å²) in [5.41, 5.74) is 5.75. The van der Waals surface area contributed by atoms with Gasteiger partial charge in [0.2, 0.25) is 0 Å². The van der Waals surface area contributed by atoms with Gasteiger partial charge in [-0.2, -0.15) is 0 Å². The number of carbonyl (C=O) groups excluding carboxylic acids is 2. The average molecular weight is 583 g/mol. The molecule has 5 aromatic rings. The SMILES string of the molecule is COc1ccccc1N1C(=O)c2ccccc2NC1c1ccc(C2Nc3ccccc3C(=O)N2c2ccccc2OC)cc1. The third-order valence-corrected chi connectivity index (χ3v) is 8.11. The number of para-hydroxylation sites is 6. The van der Waals surface area contributed by atoms with Crippen molar-refractivity contribution >= 4 is 34.6 Å². The number of nitrogens with zero attached hydrogens (tertiary/aromatic N) is 2. The number of rotatable bonds is 6. The Kier molecular flexibility index (Phi) is 6.86. The number of hydrogen-bond donors (Lipinski definition) is 2. The Balaban J connectivity index is 1.31. The first-order chi connectivity index (χ1) is 21.6. The van der Waals surface area contributed by atoms with Gasteiger partial charge in [-0.1, -0.05) is 72.8 Å². The molecular formula is C36H30N4O4. The molecule has 2 amide bonds. The lowest BCUT2D eigenvalue weighted by atomic mass is 9.99. The highest BCUT2D eigenvalue weighted by molar-refractivity contribution is 6.13. The topological polar surface area (TPSA) is 83.1 Å². The van der Waals surface area contributed by atoms with Crippen LogP contribution in [0.3, 0.4) is 0 Å². The maximum absolute atomic E-state index is 14.0. The van der Waals surface area contributed by atoms with Crippen LogP contribution in [-0.4, -0.2) is 26.0 Å². The molecule has 0 aliphatic carbocycles. The molecule has 2 heterocycles. The van der Waals surface area contributed by atoms with Crippen molar-refractivity contribution in [1.82, 2.24) is 0 Å². The van der Waals surface area contributed by atoms with E-state index in [1.165, 1.54) is 0 Å². The van der Waals surface area contributed by atoms with Gasteiger partial charge in [0, 0.05) is 11.4 Å². The van der Waals surface area contributed by atoms with Crippen LogP contribution in [0.1, 0.15) is 44.2 Å². The van der Waals surface area contributed by atoms with Gasteiger partial charge in [0.1, 0.15) is 23.8 Å². The van der Waals surface area contributed by atoms with Crippen LogP contribution in [0.15, 0.2) is 121 Å². The highest BCUT2D eigenvalue weighted by Crippen LogP contribution is 2.43. The van der Waals surface area contributed by atoms with Gasteiger partial charge in [0.15, 0.2) is 0 Å². The molecule has 8 heteroatoms. The van der Waals surface area contributed by atoms with Gasteiger partial charge in [0.25, 0.3) is 11.8 Å². The molecule has 0 spiro atoms. The van der Waals surface area contributed by atoms with Crippen molar-refractivity contribution in [2.45, 2.75) is 12.3 Å². The number of ether oxygens (including phenoxy) is 2. The second-order valence-corrected chi connectivity index (χ2v) is 10.5. The molecule has 0 fully saturated rings. The summed E-state index contributed by atoms with van der Waals surface area (Å²) in [5, 5.41) is 7.13. The van der Waals surface area contributed by atoms with Crippen LogP contribution >= 0.6 is 0 Å². The van der Waals surface area contributed by atoms with Gasteiger partial charge in [-0.05, 0) is 59.7 Å². The molecule has 218 valence electrons. The molecule has 0 aromatic heterocycles. The second kappa shape index (κ2) is 11.1. The summed E-state index contributed by atoms with van der Waals surface area (Å²) in [4.78, 5) is 31.4. The van der Waals surface area contributed by atoms with Crippen LogP contribution in [0.25, 0.3) is 0 Å². The smallest absolute Gasteiger partial charge is 0.262 e. The lowest BCUT2D eigenvalue weighted by Gasteiger charge is -2.40. The third kappa shape index (κ3) is 4.48. The Morgan fingerprint density at radius 3 is 1.27 bits per heavy atom. The van der Waals surface area contributed by atoms with Gasteiger partial charge in [-0.25, -0.2) is 0 Å². The number of fused-ring (bicyclic) bond motifs is 2. The van der Waals surface area contributed by atoms with E-state index >= 15 is 0 Å². The summed E-state index contributed by atoms with van der Waals surface area (Å²) in [7, 11) is 3.20. The summed E-state index contributed by atoms with van der Waals surface area (Å²) in [6.45, 7) is 0. The van der Waals surface area contributed by atoms with Crippen molar-refractivity contribution < 1.29 is 19.1 Å². The van der Waals surface area contributed by atoms with E-state index in [1.807, 2.05) is 121 Å². The van der Waals surface area contributed by atoms with Crippen molar-refractivity contribution in [3.8, 4) is 11.5 Å². The molecule has 8 nitrogen and oxygen atoms in total. The molecule has 2 aliphatic rings. The number of methoxy groups -OCH3 is 2. The third-order valence-electron chi connectivity index (χ3n) is 8.11. The molecule has 2 atom stereocenters. The van der Waals surface area contributed by atoms with Crippen LogP contribution in [0.4, 0.5) is 22.7 Å². The predicted octanol–water partition coefficient (Wildman–Crippen LogP) is 7.25. The summed E-state index contributed by atoms with van der Waals surface area (Å²) in [5.74, 6) is 0.937. The average Bonchev–Trinajstić information content (AvgIpc) is 3.08. The molecule has 2 aliphatic heterocycles. The van der Waals surface area contributed by atoms with E-state index in [4.69, 9.17) is 9.47 Å². The van der Waals surface area contributed by atoms with Crippen LogP contribution < -0.4 is 29.9 Å². The summed E-state index contributed by atoms with van der Waals surface area (Å²) in [6, 6.07) is 38.0. The van der Waals surface area contributed by atoms with E-state index in [2.05, 4.69) is 10.6 Å². The van der Waals surface area contributed by atoms with Gasteiger partial charge < -0.3 is 20.1 Å². The fraction of sp³-hybridized carbons (Fsp3) is 0.111. The van der Waals surface area contributed by atoms with Crippen LogP contribution in [0.5, 0.6) is 11.5 Å². The molecule has 0 bridgehead atoms. The number of amides is 2. The summed E-state index contributed by atoms with van der Waals surface area (Å²) < 4.78 is 11.3. The van der Waals surface area contributed by atoms with Crippen LogP contribution in [0, 0.1) is 0 Å². The molecule has 0 saturated heterocycles. The molecule has 0 saturated carbocycles. The number of hydrogen-bond acceptors (Lipinski definition) is 6. The van der Waals surface area contributed by atoms with Gasteiger partial charge in [-0.15, -0.1) is 0 Å². The fourth-order valence-electron chi connectivity index (χ4n) is 5.99. The Hall–Kier alpha value is -5.76. The van der Waals surface area contributed by atoms with Gasteiger partial charge >= 0.3 is 0 Å². The molecule has 7 rings (SSSR count). The summed E-state index contributed by atoms with van der Waals surface area (Å²) >= 11 is 0. The Bertz CT molecular complexity index is 1740. The zero-order valence-electron chi connectivity index (χ0n) is 24.2. The van der Waals surface area contributed by atoms with Crippen molar-refractivity contribution in [2.75, 3.05) is 34.7 Å². The Labute approximate surface area is 255 Å². The standard InChI is InChI=1S/C36H30N4O4/c1-43-31-17-9-7-15-29(31)39-33(37-27-13-5-3-11-25(27)35(39)41)23-19-21-24(22-20-23)34-38-28-14-6-4-12-26(28)36(42)40(34)30-16-8-10-18-32(30)44-2/h3-22,33-34,37-38H,1-2H3. The van der Waals surface area contributed by atoms with Crippen molar-refractivity contribution in [3.05, 3.63) is 144 Å². The minimum atomic E-state index is -0.505. The van der Waals surface area contributed by atoms with Crippen molar-refractivity contribution in [3.63, 3.8) is 0 Å². The van der Waals surface area contributed by atoms with E-state index in [-0.39, 0.29) is 11.8 Å². The number of nitrogens with one attached hydrogen (secondary N) is 2. The Morgan fingerprint density at radius 1 is 0.500 bits per heavy atom. The zero-order chi connectivity index (χ0) is 30.2. The second-order valence-electron chi connectivity index (χ2n) is 10.5. The normalized spacial score (nSPS) is 17.2. The minimum Gasteiger partial charge on any atom is -0.495 e. The van der Waals surface area contributed by atoms with Crippen LogP contribution in [-0.2, 0) is 0 Å². The van der Waals surface area contributed by atoms with E-state index in [0.717, 1.165) is 22.5 Å². The highest BCUT2D eigenvalue weighted by atomic mass is 16.5. The maximum Gasteiger partial charge on any atom is 0.262 e. The van der Waals surface area contributed by atoms with Crippen LogP contribution in [0.2, 0.25) is 0 Å². The molecule has 5 aromatic carbocycles. The first-order valence-corrected chi connectivity index (χ1v) is 14.3. The Morgan fingerprint density at radius 2 is 0.864 bits per heavy atom. The van der Waals surface area contributed by atoms with Crippen molar-refractivity contribution in [2.24, 2.45) is 0 Å². The number of anilines is 4. The lowest BCUT2D eigenvalue weighted by Crippen LogP contribution is -2.44. The fourth-order valence-corrected chi connectivity index (χ4v) is 5.99. The minimum absolute atomic E-state index is 0.128. The highest BCUT2D eigenvalue weighted by Gasteiger charge is 2.37. The number of benzene rings is 5. The van der Waals surface area contributed by atoms with Gasteiger partial charge in [-0.3, -0.25) is 19.4 Å². The maximum atomic E-state index is 14.0. The number of carbonyl (C=O) groups is 2. The summed E-state index contributed by atoms with van der Waals surface area (Å²) in [6.07, 6.45) is -1.01. The van der Waals surface area contributed by atoms with E-state index in [1.54, 1.807) is 24.0 Å². The van der Waals surface area contributed by atoms with E-state index < -0.39 is 12.3 Å². The predicted molar refractivity (Wildman–Crippen MR) is 172 cm³/mol. The van der Waals surface area contributed by atoms with Gasteiger partial charge in [0.05, 0.1) is 36.7 Å².